The Balaban J connectivity index is 3.11. The number of nitrogens with two attached hydrogens (primary N) is 1. The largest absolute Gasteiger partial charge is 0.496 e. The van der Waals surface area contributed by atoms with Gasteiger partial charge in [0.05, 0.1) is 20.8 Å². The summed E-state index contributed by atoms with van der Waals surface area (Å²) in [7, 11) is 4.95. The second-order valence-corrected chi connectivity index (χ2v) is 3.45. The highest BCUT2D eigenvalue weighted by Gasteiger charge is 2.10. The van der Waals surface area contributed by atoms with E-state index in [2.05, 4.69) is 0 Å². The van der Waals surface area contributed by atoms with Crippen LogP contribution in [0.2, 0.25) is 0 Å². The molecule has 1 rings (SSSR count). The zero-order chi connectivity index (χ0) is 12.0. The minimum Gasteiger partial charge on any atom is -0.496 e. The molecule has 0 aromatic heterocycles. The first-order chi connectivity index (χ1) is 7.76. The first-order valence-electron chi connectivity index (χ1n) is 5.19. The third-order valence-corrected chi connectivity index (χ3v) is 2.40. The zero-order valence-corrected chi connectivity index (χ0v) is 10.1. The Morgan fingerprint density at radius 3 is 2.06 bits per heavy atom. The molecule has 2 N–H and O–H groups in total. The molecule has 0 unspecified atom stereocenters. The van der Waals surface area contributed by atoms with Crippen LogP contribution in [0.15, 0.2) is 12.1 Å². The molecule has 0 spiro atoms. The van der Waals surface area contributed by atoms with Crippen molar-refractivity contribution in [3.63, 3.8) is 0 Å². The normalized spacial score (nSPS) is 10.2. The Labute approximate surface area is 96.3 Å². The number of benzene rings is 1. The Hall–Kier alpha value is -1.26. The first-order valence-corrected chi connectivity index (χ1v) is 5.19. The summed E-state index contributed by atoms with van der Waals surface area (Å²) in [4.78, 5) is 0. The Kier molecular flexibility index (Phi) is 5.08. The van der Waals surface area contributed by atoms with Crippen LogP contribution in [0.3, 0.4) is 0 Å². The highest BCUT2D eigenvalue weighted by Crippen LogP contribution is 2.29. The molecule has 0 aliphatic carbocycles. The fourth-order valence-corrected chi connectivity index (χ4v) is 1.64. The molecular weight excluding hydrogens is 206 g/mol. The van der Waals surface area contributed by atoms with Crippen LogP contribution < -0.4 is 15.2 Å². The Morgan fingerprint density at radius 1 is 1.00 bits per heavy atom. The summed E-state index contributed by atoms with van der Waals surface area (Å²) in [5.74, 6) is 1.64. The van der Waals surface area contributed by atoms with Gasteiger partial charge in [0.2, 0.25) is 0 Å². The van der Waals surface area contributed by atoms with Crippen LogP contribution in [0.5, 0.6) is 11.5 Å². The summed E-state index contributed by atoms with van der Waals surface area (Å²) < 4.78 is 15.7. The molecule has 0 bridgehead atoms. The maximum absolute atomic E-state index is 5.55. The maximum Gasteiger partial charge on any atom is 0.124 e. The second-order valence-electron chi connectivity index (χ2n) is 3.45. The number of methoxy groups -OCH3 is 3. The van der Waals surface area contributed by atoms with Crippen molar-refractivity contribution in [3.8, 4) is 11.5 Å². The Morgan fingerprint density at radius 2 is 1.56 bits per heavy atom. The van der Waals surface area contributed by atoms with Gasteiger partial charge in [0, 0.05) is 12.7 Å². The van der Waals surface area contributed by atoms with Crippen molar-refractivity contribution in [3.05, 3.63) is 23.3 Å². The highest BCUT2D eigenvalue weighted by atomic mass is 16.5. The van der Waals surface area contributed by atoms with Crippen molar-refractivity contribution in [2.75, 3.05) is 27.9 Å². The van der Waals surface area contributed by atoms with E-state index in [1.54, 1.807) is 21.3 Å². The molecule has 0 heterocycles. The minimum absolute atomic E-state index is 0.502. The summed E-state index contributed by atoms with van der Waals surface area (Å²) in [6, 6.07) is 3.90. The van der Waals surface area contributed by atoms with E-state index in [0.717, 1.165) is 29.0 Å². The molecule has 0 amide bonds. The van der Waals surface area contributed by atoms with E-state index in [1.807, 2.05) is 12.1 Å². The molecule has 16 heavy (non-hydrogen) atoms. The SMILES string of the molecule is COCc1cc(OC)c(CCN)cc1OC. The van der Waals surface area contributed by atoms with Crippen molar-refractivity contribution in [2.45, 2.75) is 13.0 Å². The maximum atomic E-state index is 5.55. The van der Waals surface area contributed by atoms with Crippen molar-refractivity contribution in [2.24, 2.45) is 5.73 Å². The molecule has 0 atom stereocenters. The van der Waals surface area contributed by atoms with Crippen LogP contribution >= 0.6 is 0 Å². The van der Waals surface area contributed by atoms with Crippen molar-refractivity contribution in [1.29, 1.82) is 0 Å². The predicted octanol–water partition coefficient (Wildman–Crippen LogP) is 1.35. The average Bonchev–Trinajstić information content (AvgIpc) is 2.31. The Bertz CT molecular complexity index is 306. The van der Waals surface area contributed by atoms with Gasteiger partial charge in [-0.25, -0.2) is 0 Å². The average molecular weight is 225 g/mol. The van der Waals surface area contributed by atoms with Gasteiger partial charge in [0.1, 0.15) is 11.5 Å². The molecule has 90 valence electrons. The molecular formula is C12H19NO3. The van der Waals surface area contributed by atoms with Gasteiger partial charge in [0.15, 0.2) is 0 Å². The molecule has 0 saturated carbocycles. The van der Waals surface area contributed by atoms with Gasteiger partial charge < -0.3 is 19.9 Å². The van der Waals surface area contributed by atoms with E-state index >= 15 is 0 Å². The lowest BCUT2D eigenvalue weighted by Gasteiger charge is -2.14. The molecule has 4 nitrogen and oxygen atoms in total. The standard InChI is InChI=1S/C12H19NO3/c1-14-8-10-7-11(15-2)9(4-5-13)6-12(10)16-3/h6-7H,4-5,8,13H2,1-3H3. The molecule has 1 aromatic carbocycles. The van der Waals surface area contributed by atoms with Crippen LogP contribution in [0.4, 0.5) is 0 Å². The molecule has 0 aliphatic rings. The zero-order valence-electron chi connectivity index (χ0n) is 10.1. The van der Waals surface area contributed by atoms with Crippen LogP contribution in [0.25, 0.3) is 0 Å². The van der Waals surface area contributed by atoms with E-state index < -0.39 is 0 Å². The lowest BCUT2D eigenvalue weighted by atomic mass is 10.1. The van der Waals surface area contributed by atoms with E-state index in [0.29, 0.717) is 13.2 Å². The number of ether oxygens (including phenoxy) is 3. The fourth-order valence-electron chi connectivity index (χ4n) is 1.64. The summed E-state index contributed by atoms with van der Waals surface area (Å²) in [5, 5.41) is 0. The van der Waals surface area contributed by atoms with Crippen LogP contribution in [-0.4, -0.2) is 27.9 Å². The molecule has 1 aromatic rings. The van der Waals surface area contributed by atoms with E-state index in [9.17, 15) is 0 Å². The van der Waals surface area contributed by atoms with Gasteiger partial charge in [0.25, 0.3) is 0 Å². The van der Waals surface area contributed by atoms with E-state index in [1.165, 1.54) is 0 Å². The number of hydrogen-bond acceptors (Lipinski definition) is 4. The van der Waals surface area contributed by atoms with Crippen LogP contribution in [-0.2, 0) is 17.8 Å². The van der Waals surface area contributed by atoms with Crippen molar-refractivity contribution >= 4 is 0 Å². The second kappa shape index (κ2) is 6.35. The molecule has 0 saturated heterocycles. The van der Waals surface area contributed by atoms with Crippen molar-refractivity contribution < 1.29 is 14.2 Å². The van der Waals surface area contributed by atoms with Gasteiger partial charge in [-0.1, -0.05) is 0 Å². The molecule has 0 radical (unpaired) electrons. The van der Waals surface area contributed by atoms with Gasteiger partial charge >= 0.3 is 0 Å². The lowest BCUT2D eigenvalue weighted by Crippen LogP contribution is -2.06. The van der Waals surface area contributed by atoms with Crippen LogP contribution in [0, 0.1) is 0 Å². The smallest absolute Gasteiger partial charge is 0.124 e. The van der Waals surface area contributed by atoms with Gasteiger partial charge in [-0.2, -0.15) is 0 Å². The quantitative estimate of drug-likeness (QED) is 0.794. The number of rotatable bonds is 6. The monoisotopic (exact) mass is 225 g/mol. The first kappa shape index (κ1) is 12.8. The third kappa shape index (κ3) is 2.87. The van der Waals surface area contributed by atoms with E-state index in [4.69, 9.17) is 19.9 Å². The highest BCUT2D eigenvalue weighted by molar-refractivity contribution is 5.46. The van der Waals surface area contributed by atoms with Gasteiger partial charge in [-0.05, 0) is 30.7 Å². The summed E-state index contributed by atoms with van der Waals surface area (Å²) >= 11 is 0. The van der Waals surface area contributed by atoms with Crippen molar-refractivity contribution in [1.82, 2.24) is 0 Å². The molecule has 0 fully saturated rings. The number of hydrogen-bond donors (Lipinski definition) is 1. The topological polar surface area (TPSA) is 53.7 Å². The van der Waals surface area contributed by atoms with Gasteiger partial charge in [-0.3, -0.25) is 0 Å². The molecule has 0 aliphatic heterocycles. The predicted molar refractivity (Wildman–Crippen MR) is 63.0 cm³/mol. The molecule has 4 heteroatoms. The summed E-state index contributed by atoms with van der Waals surface area (Å²) in [5.41, 5.74) is 7.58. The third-order valence-electron chi connectivity index (χ3n) is 2.40. The minimum atomic E-state index is 0.502. The van der Waals surface area contributed by atoms with E-state index in [-0.39, 0.29) is 0 Å². The fraction of sp³-hybridized carbons (Fsp3) is 0.500. The summed E-state index contributed by atoms with van der Waals surface area (Å²) in [6.07, 6.45) is 0.771. The van der Waals surface area contributed by atoms with Crippen LogP contribution in [0.1, 0.15) is 11.1 Å². The van der Waals surface area contributed by atoms with Gasteiger partial charge in [-0.15, -0.1) is 0 Å². The lowest BCUT2D eigenvalue weighted by molar-refractivity contribution is 0.181. The summed E-state index contributed by atoms with van der Waals surface area (Å²) in [6.45, 7) is 1.09.